The molecule has 0 aliphatic rings. The third kappa shape index (κ3) is 6.05. The summed E-state index contributed by atoms with van der Waals surface area (Å²) in [5.74, 6) is -0.360. The number of aliphatic imine (C=N–C) groups is 1. The van der Waals surface area contributed by atoms with Crippen LogP contribution in [-0.2, 0) is 12.6 Å². The number of rotatable bonds is 9. The van der Waals surface area contributed by atoms with Crippen molar-refractivity contribution in [3.8, 4) is 5.69 Å². The molecule has 0 saturated carbocycles. The standard InChI is InChI=1S/C27H23F3N4O3S/c1-16(25-17(2)33-34(26(25)37)20-8-6-19(7-9-20)27(28,29)30)32-15-22(36)24-12-11-23(38-24)21(35)10-5-18-4-3-13-31-14-18/h3-4,6-9,11-14,33H,5,10,15H2,1-2H3. The van der Waals surface area contributed by atoms with E-state index in [0.717, 1.165) is 33.7 Å². The fourth-order valence-corrected chi connectivity index (χ4v) is 4.77. The second kappa shape index (κ2) is 11.1. The average molecular weight is 541 g/mol. The van der Waals surface area contributed by atoms with Gasteiger partial charge in [0.15, 0.2) is 11.6 Å². The predicted molar refractivity (Wildman–Crippen MR) is 139 cm³/mol. The molecular formula is C27H23F3N4O3S. The van der Waals surface area contributed by atoms with E-state index in [1.54, 1.807) is 38.4 Å². The lowest BCUT2D eigenvalue weighted by Crippen LogP contribution is -2.20. The lowest BCUT2D eigenvalue weighted by molar-refractivity contribution is -0.137. The first-order valence-corrected chi connectivity index (χ1v) is 12.4. The number of alkyl halides is 3. The number of thiophene rings is 1. The highest BCUT2D eigenvalue weighted by Gasteiger charge is 2.30. The third-order valence-corrected chi connectivity index (χ3v) is 7.03. The minimum absolute atomic E-state index is 0.0654. The van der Waals surface area contributed by atoms with Crippen molar-refractivity contribution < 1.29 is 22.8 Å². The van der Waals surface area contributed by atoms with Crippen molar-refractivity contribution in [3.05, 3.63) is 103 Å². The minimum atomic E-state index is -4.48. The molecule has 196 valence electrons. The van der Waals surface area contributed by atoms with Crippen LogP contribution >= 0.6 is 11.3 Å². The molecule has 0 unspecified atom stereocenters. The molecule has 0 aliphatic heterocycles. The number of halogens is 3. The van der Waals surface area contributed by atoms with Crippen molar-refractivity contribution in [2.24, 2.45) is 4.99 Å². The van der Waals surface area contributed by atoms with Crippen LogP contribution in [0.3, 0.4) is 0 Å². The fraction of sp³-hybridized carbons (Fsp3) is 0.222. The van der Waals surface area contributed by atoms with Gasteiger partial charge in [-0.25, -0.2) is 4.68 Å². The Labute approximate surface area is 219 Å². The van der Waals surface area contributed by atoms with Gasteiger partial charge in [0, 0.05) is 30.2 Å². The maximum absolute atomic E-state index is 13.0. The van der Waals surface area contributed by atoms with Crippen LogP contribution in [0.25, 0.3) is 5.69 Å². The molecule has 3 heterocycles. The second-order valence-corrected chi connectivity index (χ2v) is 9.65. The maximum atomic E-state index is 13.0. The number of H-pyrrole nitrogens is 1. The number of carbonyl (C=O) groups excluding carboxylic acids is 2. The normalized spacial score (nSPS) is 12.1. The van der Waals surface area contributed by atoms with Crippen LogP contribution in [0, 0.1) is 6.92 Å². The van der Waals surface area contributed by atoms with E-state index in [2.05, 4.69) is 15.1 Å². The van der Waals surface area contributed by atoms with Crippen molar-refractivity contribution in [1.82, 2.24) is 14.8 Å². The number of hydrogen-bond acceptors (Lipinski definition) is 6. The SMILES string of the molecule is CC(=NCC(=O)c1ccc(C(=O)CCc2cccnc2)s1)c1c(C)[nH]n(-c2ccc(C(F)(F)F)cc2)c1=O. The molecule has 1 N–H and O–H groups in total. The van der Waals surface area contributed by atoms with Gasteiger partial charge >= 0.3 is 6.18 Å². The van der Waals surface area contributed by atoms with Crippen molar-refractivity contribution >= 4 is 28.6 Å². The molecule has 3 aromatic heterocycles. The van der Waals surface area contributed by atoms with E-state index in [1.165, 1.54) is 12.1 Å². The largest absolute Gasteiger partial charge is 0.416 e. The van der Waals surface area contributed by atoms with Crippen LogP contribution in [0.2, 0.25) is 0 Å². The number of nitrogens with one attached hydrogen (secondary N) is 1. The van der Waals surface area contributed by atoms with Crippen LogP contribution < -0.4 is 5.56 Å². The van der Waals surface area contributed by atoms with Gasteiger partial charge in [-0.3, -0.25) is 29.5 Å². The van der Waals surface area contributed by atoms with E-state index in [0.29, 0.717) is 34.0 Å². The molecule has 0 bridgehead atoms. The Morgan fingerprint density at radius 2 is 1.74 bits per heavy atom. The Kier molecular flexibility index (Phi) is 7.86. The van der Waals surface area contributed by atoms with E-state index in [1.807, 2.05) is 12.1 Å². The molecule has 0 radical (unpaired) electrons. The summed E-state index contributed by atoms with van der Waals surface area (Å²) in [6.45, 7) is 3.00. The summed E-state index contributed by atoms with van der Waals surface area (Å²) < 4.78 is 39.7. The topological polar surface area (TPSA) is 97.2 Å². The summed E-state index contributed by atoms with van der Waals surface area (Å²) in [4.78, 5) is 47.4. The summed E-state index contributed by atoms with van der Waals surface area (Å²) in [6, 6.07) is 11.1. The van der Waals surface area contributed by atoms with Crippen LogP contribution in [0.1, 0.15) is 55.1 Å². The lowest BCUT2D eigenvalue weighted by Gasteiger charge is -2.07. The minimum Gasteiger partial charge on any atom is -0.295 e. The molecule has 7 nitrogen and oxygen atoms in total. The second-order valence-electron chi connectivity index (χ2n) is 8.57. The molecule has 4 rings (SSSR count). The monoisotopic (exact) mass is 540 g/mol. The number of Topliss-reactive ketones (excluding diaryl/α,β-unsaturated/α-hetero) is 2. The number of aromatic nitrogens is 3. The lowest BCUT2D eigenvalue weighted by atomic mass is 10.1. The zero-order valence-corrected chi connectivity index (χ0v) is 21.3. The number of aryl methyl sites for hydroxylation is 2. The van der Waals surface area contributed by atoms with Gasteiger partial charge in [-0.1, -0.05) is 6.07 Å². The highest BCUT2D eigenvalue weighted by molar-refractivity contribution is 7.16. The zero-order valence-electron chi connectivity index (χ0n) is 20.5. The Hall–Kier alpha value is -4.12. The smallest absolute Gasteiger partial charge is 0.295 e. The maximum Gasteiger partial charge on any atom is 0.416 e. The zero-order chi connectivity index (χ0) is 27.4. The highest BCUT2D eigenvalue weighted by atomic mass is 32.1. The van der Waals surface area contributed by atoms with Crippen LogP contribution in [0.4, 0.5) is 13.2 Å². The first-order chi connectivity index (χ1) is 18.0. The number of benzene rings is 1. The highest BCUT2D eigenvalue weighted by Crippen LogP contribution is 2.29. The van der Waals surface area contributed by atoms with Gasteiger partial charge in [0.05, 0.1) is 26.6 Å². The van der Waals surface area contributed by atoms with E-state index in [9.17, 15) is 27.6 Å². The van der Waals surface area contributed by atoms with Gasteiger partial charge in [-0.05, 0) is 68.3 Å². The van der Waals surface area contributed by atoms with Gasteiger partial charge < -0.3 is 0 Å². The summed E-state index contributed by atoms with van der Waals surface area (Å²) >= 11 is 1.11. The van der Waals surface area contributed by atoms with E-state index >= 15 is 0 Å². The predicted octanol–water partition coefficient (Wildman–Crippen LogP) is 5.46. The molecular weight excluding hydrogens is 517 g/mol. The molecule has 0 aliphatic carbocycles. The van der Waals surface area contributed by atoms with Gasteiger partial charge in [-0.15, -0.1) is 11.3 Å². The summed E-state index contributed by atoms with van der Waals surface area (Å²) in [5, 5.41) is 2.85. The first kappa shape index (κ1) is 26.9. The molecule has 1 aromatic carbocycles. The van der Waals surface area contributed by atoms with Crippen molar-refractivity contribution in [2.45, 2.75) is 32.9 Å². The molecule has 0 spiro atoms. The Morgan fingerprint density at radius 1 is 1.05 bits per heavy atom. The molecule has 38 heavy (non-hydrogen) atoms. The van der Waals surface area contributed by atoms with Gasteiger partial charge in [-0.2, -0.15) is 13.2 Å². The Balaban J connectivity index is 1.43. The fourth-order valence-electron chi connectivity index (χ4n) is 3.87. The molecule has 0 amide bonds. The molecule has 4 aromatic rings. The van der Waals surface area contributed by atoms with Crippen LogP contribution in [0.15, 0.2) is 70.7 Å². The molecule has 0 atom stereocenters. The Morgan fingerprint density at radius 3 is 2.37 bits per heavy atom. The quantitative estimate of drug-likeness (QED) is 0.225. The van der Waals surface area contributed by atoms with Crippen LogP contribution in [0.5, 0.6) is 0 Å². The van der Waals surface area contributed by atoms with E-state index < -0.39 is 17.3 Å². The summed E-state index contributed by atoms with van der Waals surface area (Å²) in [6.07, 6.45) is -0.251. The van der Waals surface area contributed by atoms with Crippen molar-refractivity contribution in [1.29, 1.82) is 0 Å². The van der Waals surface area contributed by atoms with Crippen molar-refractivity contribution in [2.75, 3.05) is 6.54 Å². The number of nitrogens with zero attached hydrogens (tertiary/aromatic N) is 3. The number of hydrogen-bond donors (Lipinski definition) is 1. The number of ketones is 2. The molecule has 11 heteroatoms. The number of aromatic amines is 1. The number of carbonyl (C=O) groups is 2. The number of pyridine rings is 1. The van der Waals surface area contributed by atoms with Crippen molar-refractivity contribution in [3.63, 3.8) is 0 Å². The van der Waals surface area contributed by atoms with E-state index in [-0.39, 0.29) is 29.4 Å². The van der Waals surface area contributed by atoms with E-state index in [4.69, 9.17) is 0 Å². The third-order valence-electron chi connectivity index (χ3n) is 5.87. The van der Waals surface area contributed by atoms with Gasteiger partial charge in [0.25, 0.3) is 5.56 Å². The van der Waals surface area contributed by atoms with Gasteiger partial charge in [0.1, 0.15) is 6.54 Å². The molecule has 0 fully saturated rings. The Bertz CT molecular complexity index is 1550. The molecule has 0 saturated heterocycles. The van der Waals surface area contributed by atoms with Gasteiger partial charge in [0.2, 0.25) is 0 Å². The average Bonchev–Trinajstić information content (AvgIpc) is 3.50. The van der Waals surface area contributed by atoms with Crippen LogP contribution in [-0.4, -0.2) is 38.6 Å². The first-order valence-electron chi connectivity index (χ1n) is 11.6. The summed E-state index contributed by atoms with van der Waals surface area (Å²) in [5.41, 5.74) is 0.884. The summed E-state index contributed by atoms with van der Waals surface area (Å²) in [7, 11) is 0.